The predicted molar refractivity (Wildman–Crippen MR) is 126 cm³/mol. The van der Waals surface area contributed by atoms with Gasteiger partial charge in [-0.2, -0.15) is 0 Å². The van der Waals surface area contributed by atoms with Crippen LogP contribution in [0.1, 0.15) is 28.5 Å². The van der Waals surface area contributed by atoms with Gasteiger partial charge in [0.15, 0.2) is 11.2 Å². The molecule has 11 heteroatoms. The number of aliphatic carboxylic acids is 1. The summed E-state index contributed by atoms with van der Waals surface area (Å²) in [7, 11) is 0. The minimum atomic E-state index is -1.32. The molecule has 1 heterocycles. The van der Waals surface area contributed by atoms with Crippen LogP contribution in [0.5, 0.6) is 0 Å². The van der Waals surface area contributed by atoms with E-state index in [4.69, 9.17) is 0 Å². The number of carbonyl (C=O) groups is 4. The zero-order valence-electron chi connectivity index (χ0n) is 18.2. The van der Waals surface area contributed by atoms with E-state index in [1.807, 2.05) is 30.3 Å². The molecule has 1 atom stereocenters. The SMILES string of the molecule is CC(=O)N(NC(=O)c1csc(NC(=O)NCc2ccccc2)n1)C(Cc1ccccc1)C(=O)O. The Hall–Kier alpha value is -4.25. The topological polar surface area (TPSA) is 141 Å². The number of hydrogen-bond acceptors (Lipinski definition) is 6. The van der Waals surface area contributed by atoms with Crippen LogP contribution in [0.4, 0.5) is 9.93 Å². The maximum atomic E-state index is 12.7. The molecule has 1 aromatic heterocycles. The first kappa shape index (κ1) is 24.4. The van der Waals surface area contributed by atoms with Crippen LogP contribution in [0.2, 0.25) is 0 Å². The standard InChI is InChI=1S/C23H23N5O5S/c1-15(29)28(19(21(31)32)12-16-8-4-2-5-9-16)27-20(30)18-14-34-23(25-18)26-22(33)24-13-17-10-6-3-7-11-17/h2-11,14,19H,12-13H2,1H3,(H,27,30)(H,31,32)(H2,24,25,26,33). The van der Waals surface area contributed by atoms with Gasteiger partial charge in [0.25, 0.3) is 5.91 Å². The van der Waals surface area contributed by atoms with E-state index in [0.717, 1.165) is 28.8 Å². The first-order valence-electron chi connectivity index (χ1n) is 10.3. The lowest BCUT2D eigenvalue weighted by Gasteiger charge is -2.28. The number of thiazole rings is 1. The molecule has 0 saturated carbocycles. The Balaban J connectivity index is 1.62. The van der Waals surface area contributed by atoms with Crippen LogP contribution in [-0.4, -0.2) is 45.0 Å². The Morgan fingerprint density at radius 2 is 1.62 bits per heavy atom. The summed E-state index contributed by atoms with van der Waals surface area (Å²) >= 11 is 1.02. The fourth-order valence-electron chi connectivity index (χ4n) is 3.02. The van der Waals surface area contributed by atoms with Gasteiger partial charge < -0.3 is 10.4 Å². The van der Waals surface area contributed by atoms with E-state index >= 15 is 0 Å². The molecule has 4 N–H and O–H groups in total. The number of rotatable bonds is 8. The number of urea groups is 1. The van der Waals surface area contributed by atoms with Crippen molar-refractivity contribution in [2.24, 2.45) is 0 Å². The van der Waals surface area contributed by atoms with Gasteiger partial charge in [-0.15, -0.1) is 11.3 Å². The fraction of sp³-hybridized carbons (Fsp3) is 0.174. The molecule has 0 saturated heterocycles. The maximum Gasteiger partial charge on any atom is 0.328 e. The van der Waals surface area contributed by atoms with Crippen molar-refractivity contribution in [3.05, 3.63) is 82.9 Å². The molecule has 0 aliphatic rings. The Labute approximate surface area is 199 Å². The molecule has 34 heavy (non-hydrogen) atoms. The Morgan fingerprint density at radius 1 is 1.00 bits per heavy atom. The van der Waals surface area contributed by atoms with Crippen molar-refractivity contribution in [1.29, 1.82) is 0 Å². The van der Waals surface area contributed by atoms with Crippen molar-refractivity contribution in [3.8, 4) is 0 Å². The first-order valence-corrected chi connectivity index (χ1v) is 11.1. The van der Waals surface area contributed by atoms with Gasteiger partial charge in [-0.05, 0) is 11.1 Å². The lowest BCUT2D eigenvalue weighted by Crippen LogP contribution is -2.55. The number of carboxylic acids is 1. The first-order chi connectivity index (χ1) is 16.3. The zero-order chi connectivity index (χ0) is 24.5. The van der Waals surface area contributed by atoms with Crippen LogP contribution < -0.4 is 16.1 Å². The van der Waals surface area contributed by atoms with Crippen molar-refractivity contribution >= 4 is 40.3 Å². The minimum absolute atomic E-state index is 0.00148. The number of hydrazine groups is 1. The fourth-order valence-corrected chi connectivity index (χ4v) is 3.71. The van der Waals surface area contributed by atoms with Gasteiger partial charge in [-0.25, -0.2) is 19.6 Å². The number of amides is 4. The number of nitrogens with zero attached hydrogens (tertiary/aromatic N) is 2. The Kier molecular flexibility index (Phi) is 8.30. The molecule has 0 fully saturated rings. The van der Waals surface area contributed by atoms with E-state index in [2.05, 4.69) is 21.0 Å². The van der Waals surface area contributed by atoms with E-state index in [0.29, 0.717) is 12.1 Å². The monoisotopic (exact) mass is 481 g/mol. The highest BCUT2D eigenvalue weighted by atomic mass is 32.1. The average Bonchev–Trinajstić information content (AvgIpc) is 3.29. The van der Waals surface area contributed by atoms with Crippen molar-refractivity contribution in [2.45, 2.75) is 25.9 Å². The average molecular weight is 482 g/mol. The van der Waals surface area contributed by atoms with Crippen LogP contribution >= 0.6 is 11.3 Å². The van der Waals surface area contributed by atoms with Crippen LogP contribution in [-0.2, 0) is 22.6 Å². The largest absolute Gasteiger partial charge is 0.480 e. The molecule has 0 radical (unpaired) electrons. The smallest absolute Gasteiger partial charge is 0.328 e. The second-order valence-electron chi connectivity index (χ2n) is 7.20. The van der Waals surface area contributed by atoms with Gasteiger partial charge in [0.1, 0.15) is 5.69 Å². The molecule has 0 spiro atoms. The van der Waals surface area contributed by atoms with Crippen LogP contribution in [0.3, 0.4) is 0 Å². The highest BCUT2D eigenvalue weighted by molar-refractivity contribution is 7.14. The molecule has 10 nitrogen and oxygen atoms in total. The maximum absolute atomic E-state index is 12.7. The van der Waals surface area contributed by atoms with Crippen LogP contribution in [0.25, 0.3) is 0 Å². The molecule has 4 amide bonds. The van der Waals surface area contributed by atoms with Crippen molar-refractivity contribution < 1.29 is 24.3 Å². The summed E-state index contributed by atoms with van der Waals surface area (Å²) in [5.74, 6) is -2.69. The quantitative estimate of drug-likeness (QED) is 0.365. The molecular weight excluding hydrogens is 458 g/mol. The van der Waals surface area contributed by atoms with Crippen LogP contribution in [0.15, 0.2) is 66.0 Å². The normalized spacial score (nSPS) is 11.2. The lowest BCUT2D eigenvalue weighted by molar-refractivity contribution is -0.151. The third kappa shape index (κ3) is 6.87. The van der Waals surface area contributed by atoms with Gasteiger partial charge in [-0.3, -0.25) is 20.3 Å². The molecule has 3 rings (SSSR count). The summed E-state index contributed by atoms with van der Waals surface area (Å²) in [4.78, 5) is 52.8. The van der Waals surface area contributed by atoms with E-state index < -0.39 is 29.9 Å². The Bertz CT molecular complexity index is 1150. The third-order valence-corrected chi connectivity index (χ3v) is 5.44. The highest BCUT2D eigenvalue weighted by Crippen LogP contribution is 2.16. The number of carbonyl (C=O) groups excluding carboxylic acids is 3. The second-order valence-corrected chi connectivity index (χ2v) is 8.06. The lowest BCUT2D eigenvalue weighted by atomic mass is 10.1. The highest BCUT2D eigenvalue weighted by Gasteiger charge is 2.30. The van der Waals surface area contributed by atoms with Crippen molar-refractivity contribution in [1.82, 2.24) is 20.7 Å². The second kappa shape index (κ2) is 11.6. The molecule has 0 aliphatic heterocycles. The summed E-state index contributed by atoms with van der Waals surface area (Å²) in [6, 6.07) is 16.3. The van der Waals surface area contributed by atoms with E-state index in [1.165, 1.54) is 5.38 Å². The van der Waals surface area contributed by atoms with Gasteiger partial charge in [0.2, 0.25) is 5.91 Å². The number of carboxylic acid groups (broad SMARTS) is 1. The summed E-state index contributed by atoms with van der Waals surface area (Å²) in [5.41, 5.74) is 3.87. The van der Waals surface area contributed by atoms with Gasteiger partial charge in [0, 0.05) is 25.3 Å². The molecule has 0 aliphatic carbocycles. The van der Waals surface area contributed by atoms with E-state index in [1.54, 1.807) is 30.3 Å². The third-order valence-electron chi connectivity index (χ3n) is 4.68. The zero-order valence-corrected chi connectivity index (χ0v) is 19.0. The van der Waals surface area contributed by atoms with Gasteiger partial charge in [0.05, 0.1) is 0 Å². The molecule has 3 aromatic rings. The number of nitrogens with one attached hydrogen (secondary N) is 3. The summed E-state index contributed by atoms with van der Waals surface area (Å²) in [5, 5.41) is 17.2. The molecule has 0 bridgehead atoms. The molecule has 1 unspecified atom stereocenters. The number of hydrogen-bond donors (Lipinski definition) is 4. The molecule has 176 valence electrons. The number of anilines is 1. The minimum Gasteiger partial charge on any atom is -0.480 e. The van der Waals surface area contributed by atoms with E-state index in [-0.39, 0.29) is 17.2 Å². The van der Waals surface area contributed by atoms with Gasteiger partial charge in [-0.1, -0.05) is 60.7 Å². The van der Waals surface area contributed by atoms with Crippen molar-refractivity contribution in [3.63, 3.8) is 0 Å². The predicted octanol–water partition coefficient (Wildman–Crippen LogP) is 2.65. The van der Waals surface area contributed by atoms with E-state index in [9.17, 15) is 24.3 Å². The van der Waals surface area contributed by atoms with Crippen LogP contribution in [0, 0.1) is 0 Å². The Morgan fingerprint density at radius 3 is 2.21 bits per heavy atom. The van der Waals surface area contributed by atoms with Crippen molar-refractivity contribution in [2.75, 3.05) is 5.32 Å². The summed E-state index contributed by atoms with van der Waals surface area (Å²) in [6.07, 6.45) is 0.00148. The molecule has 2 aromatic carbocycles. The summed E-state index contributed by atoms with van der Waals surface area (Å²) < 4.78 is 0. The summed E-state index contributed by atoms with van der Waals surface area (Å²) in [6.45, 7) is 1.48. The number of aromatic nitrogens is 1. The van der Waals surface area contributed by atoms with Gasteiger partial charge >= 0.3 is 12.0 Å². The molecular formula is C23H23N5O5S. The number of benzene rings is 2.